The van der Waals surface area contributed by atoms with Crippen molar-refractivity contribution in [2.24, 2.45) is 0 Å². The van der Waals surface area contributed by atoms with Gasteiger partial charge in [-0.2, -0.15) is 0 Å². The van der Waals surface area contributed by atoms with Crippen molar-refractivity contribution < 1.29 is 22.4 Å². The summed E-state index contributed by atoms with van der Waals surface area (Å²) in [6.07, 6.45) is 1.01. The Labute approximate surface area is 203 Å². The lowest BCUT2D eigenvalue weighted by molar-refractivity contribution is -0.140. The maximum Gasteiger partial charge on any atom is 0.244 e. The molecule has 0 aliphatic heterocycles. The van der Waals surface area contributed by atoms with Gasteiger partial charge in [-0.05, 0) is 73.5 Å². The topological polar surface area (TPSA) is 86.8 Å². The Hall–Kier alpha value is -2.46. The summed E-state index contributed by atoms with van der Waals surface area (Å²) in [7, 11) is -3.82. The minimum atomic E-state index is -3.82. The molecule has 1 atom stereocenters. The molecular weight excluding hydrogens is 513 g/mol. The van der Waals surface area contributed by atoms with Crippen LogP contribution in [0.4, 0.5) is 10.1 Å². The number of benzene rings is 2. The standard InChI is InChI=1S/C23H29BrFN3O4S/c1-16(22(30)26-23(2,3)4)27(14-17-10-12-18(25)13-11-17)21(29)15-28(33(5,31)32)20-9-7-6-8-19(20)24/h6-13,16H,14-15H2,1-5H3,(H,26,30)/t16-/m1/s1. The van der Waals surface area contributed by atoms with E-state index in [1.165, 1.54) is 29.2 Å². The number of rotatable bonds is 8. The molecule has 0 aliphatic carbocycles. The molecule has 0 bridgehead atoms. The molecule has 2 amide bonds. The zero-order valence-electron chi connectivity index (χ0n) is 19.3. The highest BCUT2D eigenvalue weighted by molar-refractivity contribution is 9.10. The number of amides is 2. The zero-order valence-corrected chi connectivity index (χ0v) is 21.7. The van der Waals surface area contributed by atoms with E-state index in [2.05, 4.69) is 21.2 Å². The SMILES string of the molecule is C[C@H](C(=O)NC(C)(C)C)N(Cc1ccc(F)cc1)C(=O)CN(c1ccccc1Br)S(C)(=O)=O. The number of hydrogen-bond acceptors (Lipinski definition) is 4. The number of halogens is 2. The van der Waals surface area contributed by atoms with E-state index < -0.39 is 39.9 Å². The fourth-order valence-corrected chi connectivity index (χ4v) is 4.57. The van der Waals surface area contributed by atoms with Crippen LogP contribution in [0.5, 0.6) is 0 Å². The highest BCUT2D eigenvalue weighted by atomic mass is 79.9. The summed E-state index contributed by atoms with van der Waals surface area (Å²) >= 11 is 3.33. The van der Waals surface area contributed by atoms with E-state index in [0.717, 1.165) is 10.6 Å². The van der Waals surface area contributed by atoms with Gasteiger partial charge in [0.25, 0.3) is 0 Å². The van der Waals surface area contributed by atoms with Crippen LogP contribution in [0.25, 0.3) is 0 Å². The molecule has 2 rings (SSSR count). The van der Waals surface area contributed by atoms with E-state index in [4.69, 9.17) is 0 Å². The van der Waals surface area contributed by atoms with Crippen LogP contribution >= 0.6 is 15.9 Å². The summed E-state index contributed by atoms with van der Waals surface area (Å²) in [6, 6.07) is 11.3. The van der Waals surface area contributed by atoms with Gasteiger partial charge >= 0.3 is 0 Å². The number of anilines is 1. The highest BCUT2D eigenvalue weighted by Crippen LogP contribution is 2.28. The molecular formula is C23H29BrFN3O4S. The Morgan fingerprint density at radius 2 is 1.67 bits per heavy atom. The van der Waals surface area contributed by atoms with Crippen LogP contribution < -0.4 is 9.62 Å². The van der Waals surface area contributed by atoms with Crippen molar-refractivity contribution in [1.82, 2.24) is 10.2 Å². The smallest absolute Gasteiger partial charge is 0.244 e. The zero-order chi connectivity index (χ0) is 25.0. The van der Waals surface area contributed by atoms with Gasteiger partial charge in [0.05, 0.1) is 11.9 Å². The molecule has 0 fully saturated rings. The third-order valence-corrected chi connectivity index (χ3v) is 6.53. The molecule has 0 saturated carbocycles. The molecule has 2 aromatic rings. The van der Waals surface area contributed by atoms with Crippen LogP contribution in [-0.4, -0.2) is 49.5 Å². The molecule has 0 aliphatic rings. The summed E-state index contributed by atoms with van der Waals surface area (Å²) in [5, 5.41) is 2.84. The van der Waals surface area contributed by atoms with Crippen molar-refractivity contribution in [3.05, 3.63) is 64.4 Å². The highest BCUT2D eigenvalue weighted by Gasteiger charge is 2.31. The Morgan fingerprint density at radius 1 is 1.09 bits per heavy atom. The predicted molar refractivity (Wildman–Crippen MR) is 131 cm³/mol. The van der Waals surface area contributed by atoms with Gasteiger partial charge in [-0.3, -0.25) is 13.9 Å². The van der Waals surface area contributed by atoms with Crippen LogP contribution in [0.2, 0.25) is 0 Å². The number of para-hydroxylation sites is 1. The van der Waals surface area contributed by atoms with Crippen molar-refractivity contribution in [2.45, 2.75) is 45.8 Å². The Kier molecular flexibility index (Phi) is 8.64. The van der Waals surface area contributed by atoms with Crippen LogP contribution in [0.15, 0.2) is 53.0 Å². The third kappa shape index (κ3) is 7.82. The first-order valence-electron chi connectivity index (χ1n) is 10.3. The van der Waals surface area contributed by atoms with E-state index in [1.807, 2.05) is 20.8 Å². The second-order valence-electron chi connectivity index (χ2n) is 8.78. The summed E-state index contributed by atoms with van der Waals surface area (Å²) in [5.41, 5.74) is 0.387. The molecule has 0 aromatic heterocycles. The van der Waals surface area contributed by atoms with E-state index in [1.54, 1.807) is 31.2 Å². The number of hydrogen-bond donors (Lipinski definition) is 1. The van der Waals surface area contributed by atoms with Gasteiger partial charge in [0.15, 0.2) is 0 Å². The largest absolute Gasteiger partial charge is 0.350 e. The maximum absolute atomic E-state index is 13.4. The quantitative estimate of drug-likeness (QED) is 0.552. The van der Waals surface area contributed by atoms with E-state index in [0.29, 0.717) is 15.7 Å². The molecule has 0 spiro atoms. The first kappa shape index (κ1) is 26.8. The minimum absolute atomic E-state index is 0.00536. The summed E-state index contributed by atoms with van der Waals surface area (Å²) in [4.78, 5) is 27.6. The van der Waals surface area contributed by atoms with Crippen molar-refractivity contribution in [3.63, 3.8) is 0 Å². The summed E-state index contributed by atoms with van der Waals surface area (Å²) in [6.45, 7) is 6.54. The van der Waals surface area contributed by atoms with E-state index in [-0.39, 0.29) is 12.5 Å². The van der Waals surface area contributed by atoms with Crippen molar-refractivity contribution >= 4 is 43.5 Å². The molecule has 7 nitrogen and oxygen atoms in total. The lowest BCUT2D eigenvalue weighted by atomic mass is 10.1. The number of nitrogens with zero attached hydrogens (tertiary/aromatic N) is 2. The number of carbonyl (C=O) groups is 2. The first-order valence-corrected chi connectivity index (χ1v) is 12.9. The molecule has 0 radical (unpaired) electrons. The molecule has 33 heavy (non-hydrogen) atoms. The van der Waals surface area contributed by atoms with Gasteiger partial charge in [0, 0.05) is 16.6 Å². The lowest BCUT2D eigenvalue weighted by Gasteiger charge is -2.33. The van der Waals surface area contributed by atoms with Crippen LogP contribution in [0, 0.1) is 5.82 Å². The second-order valence-corrected chi connectivity index (χ2v) is 11.5. The molecule has 1 N–H and O–H groups in total. The van der Waals surface area contributed by atoms with E-state index in [9.17, 15) is 22.4 Å². The van der Waals surface area contributed by atoms with Crippen molar-refractivity contribution in [3.8, 4) is 0 Å². The lowest BCUT2D eigenvalue weighted by Crippen LogP contribution is -2.54. The van der Waals surface area contributed by atoms with Gasteiger partial charge in [0.1, 0.15) is 18.4 Å². The predicted octanol–water partition coefficient (Wildman–Crippen LogP) is 3.69. The molecule has 180 valence electrons. The molecule has 0 saturated heterocycles. The van der Waals surface area contributed by atoms with Crippen LogP contribution in [-0.2, 0) is 26.2 Å². The van der Waals surface area contributed by atoms with Crippen molar-refractivity contribution in [2.75, 3.05) is 17.1 Å². The Morgan fingerprint density at radius 3 is 2.18 bits per heavy atom. The summed E-state index contributed by atoms with van der Waals surface area (Å²) < 4.78 is 39.9. The van der Waals surface area contributed by atoms with Gasteiger partial charge in [-0.15, -0.1) is 0 Å². The number of nitrogens with one attached hydrogen (secondary N) is 1. The fourth-order valence-electron chi connectivity index (χ4n) is 3.09. The number of sulfonamides is 1. The van der Waals surface area contributed by atoms with Crippen LogP contribution in [0.1, 0.15) is 33.3 Å². The van der Waals surface area contributed by atoms with E-state index >= 15 is 0 Å². The number of carbonyl (C=O) groups excluding carboxylic acids is 2. The average Bonchev–Trinajstić information content (AvgIpc) is 2.69. The fraction of sp³-hybridized carbons (Fsp3) is 0.391. The Bertz CT molecular complexity index is 1100. The summed E-state index contributed by atoms with van der Waals surface area (Å²) in [5.74, 6) is -1.38. The van der Waals surface area contributed by atoms with Crippen LogP contribution in [0.3, 0.4) is 0 Å². The maximum atomic E-state index is 13.4. The average molecular weight is 542 g/mol. The monoisotopic (exact) mass is 541 g/mol. The van der Waals surface area contributed by atoms with Crippen molar-refractivity contribution in [1.29, 1.82) is 0 Å². The third-order valence-electron chi connectivity index (χ3n) is 4.73. The van der Waals surface area contributed by atoms with Gasteiger partial charge in [0.2, 0.25) is 21.8 Å². The van der Waals surface area contributed by atoms with Gasteiger partial charge < -0.3 is 10.2 Å². The molecule has 10 heteroatoms. The normalized spacial score (nSPS) is 12.7. The second kappa shape index (κ2) is 10.6. The van der Waals surface area contributed by atoms with Gasteiger partial charge in [-0.25, -0.2) is 12.8 Å². The molecule has 0 unspecified atom stereocenters. The molecule has 0 heterocycles. The minimum Gasteiger partial charge on any atom is -0.350 e. The first-order chi connectivity index (χ1) is 15.2. The molecule has 2 aromatic carbocycles. The Balaban J connectivity index is 2.41. The van der Waals surface area contributed by atoms with Gasteiger partial charge in [-0.1, -0.05) is 24.3 Å².